The number of hydrogen-bond donors (Lipinski definition) is 2. The monoisotopic (exact) mass is 524 g/mol. The Hall–Kier alpha value is -4.59. The van der Waals surface area contributed by atoms with Gasteiger partial charge in [-0.2, -0.15) is 0 Å². The van der Waals surface area contributed by atoms with Crippen LogP contribution in [0.15, 0.2) is 78.4 Å². The number of benzene rings is 3. The van der Waals surface area contributed by atoms with Crippen molar-refractivity contribution in [2.24, 2.45) is 0 Å². The predicted octanol–water partition coefficient (Wildman–Crippen LogP) is 5.82. The number of ketones is 1. The smallest absolute Gasteiger partial charge is 0.302 e. The highest BCUT2D eigenvalue weighted by Crippen LogP contribution is 2.42. The van der Waals surface area contributed by atoms with Crippen LogP contribution in [0.3, 0.4) is 0 Å². The van der Waals surface area contributed by atoms with E-state index in [-0.39, 0.29) is 17.3 Å². The molecule has 1 amide bonds. The first-order valence-corrected chi connectivity index (χ1v) is 13.3. The molecule has 8 heteroatoms. The van der Waals surface area contributed by atoms with E-state index in [1.165, 1.54) is 4.90 Å². The third-order valence-electron chi connectivity index (χ3n) is 6.97. The maximum absolute atomic E-state index is 13.5. The molecule has 200 valence electrons. The summed E-state index contributed by atoms with van der Waals surface area (Å²) in [6.07, 6.45) is 0.836. The van der Waals surface area contributed by atoms with Gasteiger partial charge in [-0.1, -0.05) is 43.3 Å². The fraction of sp³-hybridized carbons (Fsp3) is 0.258. The van der Waals surface area contributed by atoms with E-state index < -0.39 is 17.7 Å². The molecule has 1 aliphatic rings. The number of aliphatic hydroxyl groups is 1. The lowest BCUT2D eigenvalue weighted by Gasteiger charge is -2.25. The van der Waals surface area contributed by atoms with E-state index in [1.807, 2.05) is 55.5 Å². The van der Waals surface area contributed by atoms with Crippen molar-refractivity contribution in [3.05, 3.63) is 89.5 Å². The third kappa shape index (κ3) is 4.85. The zero-order valence-corrected chi connectivity index (χ0v) is 22.3. The molecule has 1 fully saturated rings. The number of imidazole rings is 1. The zero-order chi connectivity index (χ0) is 27.5. The molecule has 0 spiro atoms. The first-order valence-electron chi connectivity index (χ1n) is 13.3. The average molecular weight is 525 g/mol. The lowest BCUT2D eigenvalue weighted by molar-refractivity contribution is -0.132. The third-order valence-corrected chi connectivity index (χ3v) is 6.97. The number of aromatic amines is 1. The van der Waals surface area contributed by atoms with Crippen LogP contribution in [-0.2, 0) is 9.59 Å². The van der Waals surface area contributed by atoms with Crippen molar-refractivity contribution in [3.8, 4) is 5.75 Å². The first kappa shape index (κ1) is 26.0. The fourth-order valence-electron chi connectivity index (χ4n) is 4.98. The number of anilines is 2. The molecule has 4 aromatic rings. The molecule has 1 saturated heterocycles. The van der Waals surface area contributed by atoms with Gasteiger partial charge < -0.3 is 19.7 Å². The maximum Gasteiger partial charge on any atom is 0.302 e. The summed E-state index contributed by atoms with van der Waals surface area (Å²) in [5, 5.41) is 11.5. The Morgan fingerprint density at radius 3 is 2.44 bits per heavy atom. The van der Waals surface area contributed by atoms with Crippen LogP contribution in [0.4, 0.5) is 11.6 Å². The number of carbonyl (C=O) groups is 2. The molecular weight excluding hydrogens is 492 g/mol. The second kappa shape index (κ2) is 11.0. The van der Waals surface area contributed by atoms with E-state index >= 15 is 0 Å². The van der Waals surface area contributed by atoms with Gasteiger partial charge in [0.25, 0.3) is 5.78 Å². The van der Waals surface area contributed by atoms with Gasteiger partial charge in [0.1, 0.15) is 11.5 Å². The van der Waals surface area contributed by atoms with Gasteiger partial charge in [0.05, 0.1) is 29.3 Å². The van der Waals surface area contributed by atoms with Crippen LogP contribution in [0.25, 0.3) is 16.8 Å². The predicted molar refractivity (Wildman–Crippen MR) is 153 cm³/mol. The van der Waals surface area contributed by atoms with Crippen molar-refractivity contribution in [1.82, 2.24) is 9.97 Å². The first-order chi connectivity index (χ1) is 19.0. The standard InChI is InChI=1S/C31H32N4O4/c1-4-18-39-23-11-9-10-21(19-23)28(36)26-27(20-14-16-22(17-15-20)34(5-2)6-3)35(30(38)29(26)37)31-32-24-12-7-8-13-25(24)33-31/h7-17,19,27,36H,4-6,18H2,1-3H3,(H,32,33)/b28-26+. The molecule has 3 aromatic carbocycles. The molecule has 1 aliphatic heterocycles. The van der Waals surface area contributed by atoms with Crippen molar-refractivity contribution in [3.63, 3.8) is 0 Å². The SMILES string of the molecule is CCCOc1cccc(/C(O)=C2\C(=O)C(=O)N(c3nc4ccccc4[nH]3)C2c2ccc(N(CC)CC)cc2)c1. The molecule has 2 N–H and O–H groups in total. The van der Waals surface area contributed by atoms with Crippen molar-refractivity contribution < 1.29 is 19.4 Å². The normalized spacial score (nSPS) is 16.7. The molecule has 2 heterocycles. The quantitative estimate of drug-likeness (QED) is 0.163. The second-order valence-corrected chi connectivity index (χ2v) is 9.39. The molecule has 5 rings (SSSR count). The maximum atomic E-state index is 13.5. The minimum absolute atomic E-state index is 0.00341. The number of Topliss-reactive ketones (excluding diaryl/α,β-unsaturated/α-hetero) is 1. The van der Waals surface area contributed by atoms with Crippen LogP contribution in [0.2, 0.25) is 0 Å². The summed E-state index contributed by atoms with van der Waals surface area (Å²) in [6, 6.07) is 21.2. The van der Waals surface area contributed by atoms with Crippen LogP contribution in [0.5, 0.6) is 5.75 Å². The van der Waals surface area contributed by atoms with Crippen molar-refractivity contribution in [1.29, 1.82) is 0 Å². The van der Waals surface area contributed by atoms with E-state index in [4.69, 9.17) is 4.74 Å². The van der Waals surface area contributed by atoms with Gasteiger partial charge in [-0.15, -0.1) is 0 Å². The highest BCUT2D eigenvalue weighted by atomic mass is 16.5. The fourth-order valence-corrected chi connectivity index (χ4v) is 4.98. The average Bonchev–Trinajstić information content (AvgIpc) is 3.51. The minimum Gasteiger partial charge on any atom is -0.507 e. The van der Waals surface area contributed by atoms with Crippen molar-refractivity contribution in [2.45, 2.75) is 33.2 Å². The summed E-state index contributed by atoms with van der Waals surface area (Å²) in [5.41, 5.74) is 3.53. The number of fused-ring (bicyclic) bond motifs is 1. The van der Waals surface area contributed by atoms with Crippen LogP contribution in [-0.4, -0.2) is 46.5 Å². The topological polar surface area (TPSA) is 98.8 Å². The molecule has 1 aromatic heterocycles. The van der Waals surface area contributed by atoms with Gasteiger partial charge in [-0.3, -0.25) is 14.5 Å². The van der Waals surface area contributed by atoms with Gasteiger partial charge in [-0.05, 0) is 62.2 Å². The van der Waals surface area contributed by atoms with Crippen LogP contribution >= 0.6 is 0 Å². The van der Waals surface area contributed by atoms with Gasteiger partial charge in [0.15, 0.2) is 0 Å². The van der Waals surface area contributed by atoms with Gasteiger partial charge in [0.2, 0.25) is 5.95 Å². The van der Waals surface area contributed by atoms with Crippen molar-refractivity contribution in [2.75, 3.05) is 29.5 Å². The highest BCUT2D eigenvalue weighted by Gasteiger charge is 2.48. The molecule has 39 heavy (non-hydrogen) atoms. The number of nitrogens with zero attached hydrogens (tertiary/aromatic N) is 3. The molecule has 0 bridgehead atoms. The number of H-pyrrole nitrogens is 1. The van der Waals surface area contributed by atoms with Crippen LogP contribution < -0.4 is 14.5 Å². The second-order valence-electron chi connectivity index (χ2n) is 9.39. The zero-order valence-electron chi connectivity index (χ0n) is 22.3. The Bertz CT molecular complexity index is 1500. The highest BCUT2D eigenvalue weighted by molar-refractivity contribution is 6.51. The molecule has 1 atom stereocenters. The lowest BCUT2D eigenvalue weighted by Crippen LogP contribution is -2.30. The summed E-state index contributed by atoms with van der Waals surface area (Å²) in [4.78, 5) is 38.4. The number of hydrogen-bond acceptors (Lipinski definition) is 6. The lowest BCUT2D eigenvalue weighted by atomic mass is 9.95. The largest absolute Gasteiger partial charge is 0.507 e. The number of ether oxygens (including phenoxy) is 1. The number of aromatic nitrogens is 2. The number of para-hydroxylation sites is 2. The molecule has 8 nitrogen and oxygen atoms in total. The van der Waals surface area contributed by atoms with Gasteiger partial charge in [-0.25, -0.2) is 4.98 Å². The summed E-state index contributed by atoms with van der Waals surface area (Å²) >= 11 is 0. The number of aliphatic hydroxyl groups excluding tert-OH is 1. The minimum atomic E-state index is -0.878. The Labute approximate surface area is 227 Å². The Morgan fingerprint density at radius 2 is 1.74 bits per heavy atom. The Kier molecular flexibility index (Phi) is 7.36. The summed E-state index contributed by atoms with van der Waals surface area (Å²) in [5.74, 6) is -0.966. The number of rotatable bonds is 9. The summed E-state index contributed by atoms with van der Waals surface area (Å²) in [7, 11) is 0. The van der Waals surface area contributed by atoms with E-state index in [0.29, 0.717) is 29.0 Å². The molecule has 0 radical (unpaired) electrons. The van der Waals surface area contributed by atoms with E-state index in [1.54, 1.807) is 24.3 Å². The van der Waals surface area contributed by atoms with Crippen LogP contribution in [0, 0.1) is 0 Å². The van der Waals surface area contributed by atoms with Gasteiger partial charge in [0, 0.05) is 24.3 Å². The summed E-state index contributed by atoms with van der Waals surface area (Å²) in [6.45, 7) is 8.42. The van der Waals surface area contributed by atoms with E-state index in [2.05, 4.69) is 28.7 Å². The molecule has 0 saturated carbocycles. The van der Waals surface area contributed by atoms with E-state index in [0.717, 1.165) is 30.7 Å². The number of nitrogens with one attached hydrogen (secondary N) is 1. The number of amides is 1. The molecular formula is C31H32N4O4. The molecule has 0 aliphatic carbocycles. The Morgan fingerprint density at radius 1 is 1.00 bits per heavy atom. The van der Waals surface area contributed by atoms with Crippen molar-refractivity contribution >= 4 is 40.1 Å². The van der Waals surface area contributed by atoms with E-state index in [9.17, 15) is 14.7 Å². The number of carbonyl (C=O) groups excluding carboxylic acids is 2. The molecule has 1 unspecified atom stereocenters. The summed E-state index contributed by atoms with van der Waals surface area (Å²) < 4.78 is 5.73. The Balaban J connectivity index is 1.66. The van der Waals surface area contributed by atoms with Crippen LogP contribution in [0.1, 0.15) is 44.4 Å². The van der Waals surface area contributed by atoms with Gasteiger partial charge >= 0.3 is 5.91 Å².